The minimum Gasteiger partial charge on any atom is -0.334 e. The predicted molar refractivity (Wildman–Crippen MR) is 69.5 cm³/mol. The number of fused-ring (bicyclic) bond motifs is 1. The number of imidazole rings is 1. The molecule has 100 valence electrons. The van der Waals surface area contributed by atoms with Crippen molar-refractivity contribution in [2.75, 3.05) is 0 Å². The van der Waals surface area contributed by atoms with E-state index in [9.17, 15) is 13.2 Å². The van der Waals surface area contributed by atoms with Crippen LogP contribution in [-0.2, 0) is 23.0 Å². The van der Waals surface area contributed by atoms with Crippen LogP contribution in [0.2, 0.25) is 0 Å². The van der Waals surface area contributed by atoms with Crippen LogP contribution in [0.4, 0.5) is 0 Å². The molecular formula is C11H11N3O3S2. The number of rotatable bonds is 3. The van der Waals surface area contributed by atoms with Crippen LogP contribution in [0.3, 0.4) is 0 Å². The van der Waals surface area contributed by atoms with Crippen molar-refractivity contribution in [3.05, 3.63) is 35.2 Å². The molecule has 19 heavy (non-hydrogen) atoms. The Bertz CT molecular complexity index is 695. The lowest BCUT2D eigenvalue weighted by atomic mass is 10.3. The number of carbonyl (C=O) groups is 1. The van der Waals surface area contributed by atoms with E-state index >= 15 is 0 Å². The molecule has 2 aromatic rings. The summed E-state index contributed by atoms with van der Waals surface area (Å²) >= 11 is 1.06. The van der Waals surface area contributed by atoms with Crippen molar-refractivity contribution in [3.8, 4) is 0 Å². The van der Waals surface area contributed by atoms with E-state index in [0.29, 0.717) is 0 Å². The Morgan fingerprint density at radius 2 is 2.32 bits per heavy atom. The van der Waals surface area contributed by atoms with Gasteiger partial charge < -0.3 is 4.57 Å². The number of hydrogen-bond acceptors (Lipinski definition) is 5. The fourth-order valence-electron chi connectivity index (χ4n) is 2.01. The molecule has 0 fully saturated rings. The van der Waals surface area contributed by atoms with Gasteiger partial charge in [0.05, 0.1) is 0 Å². The maximum Gasteiger partial charge on any atom is 0.285 e. The normalized spacial score (nSPS) is 14.3. The van der Waals surface area contributed by atoms with Crippen LogP contribution < -0.4 is 4.72 Å². The smallest absolute Gasteiger partial charge is 0.285 e. The molecule has 2 aromatic heterocycles. The summed E-state index contributed by atoms with van der Waals surface area (Å²) in [7, 11) is -3.79. The summed E-state index contributed by atoms with van der Waals surface area (Å²) in [6, 6.07) is 3.07. The number of hydrogen-bond donors (Lipinski definition) is 1. The number of nitrogens with one attached hydrogen (secondary N) is 1. The van der Waals surface area contributed by atoms with Gasteiger partial charge in [-0.1, -0.05) is 6.07 Å². The van der Waals surface area contributed by atoms with Gasteiger partial charge in [0, 0.05) is 19.2 Å². The number of nitrogens with zero attached hydrogens (tertiary/aromatic N) is 2. The summed E-state index contributed by atoms with van der Waals surface area (Å²) in [6.45, 7) is 0.827. The monoisotopic (exact) mass is 297 g/mol. The Morgan fingerprint density at radius 3 is 3.00 bits per heavy atom. The summed E-state index contributed by atoms with van der Waals surface area (Å²) in [4.78, 5) is 16.0. The second-order valence-corrected chi connectivity index (χ2v) is 7.06. The second kappa shape index (κ2) is 4.46. The summed E-state index contributed by atoms with van der Waals surface area (Å²) in [6.07, 6.45) is 3.43. The first-order chi connectivity index (χ1) is 9.06. The van der Waals surface area contributed by atoms with Crippen molar-refractivity contribution >= 4 is 27.3 Å². The summed E-state index contributed by atoms with van der Waals surface area (Å²) < 4.78 is 27.8. The highest BCUT2D eigenvalue weighted by atomic mass is 32.2. The van der Waals surface area contributed by atoms with E-state index in [2.05, 4.69) is 4.98 Å². The lowest BCUT2D eigenvalue weighted by Crippen LogP contribution is -2.30. The van der Waals surface area contributed by atoms with E-state index in [1.807, 2.05) is 9.29 Å². The molecule has 1 N–H and O–H groups in total. The van der Waals surface area contributed by atoms with Gasteiger partial charge in [-0.3, -0.25) is 4.79 Å². The van der Waals surface area contributed by atoms with Gasteiger partial charge in [0.15, 0.2) is 0 Å². The Morgan fingerprint density at radius 1 is 1.47 bits per heavy atom. The van der Waals surface area contributed by atoms with E-state index in [0.717, 1.165) is 36.5 Å². The fourth-order valence-corrected chi connectivity index (χ4v) is 3.96. The summed E-state index contributed by atoms with van der Waals surface area (Å²) in [5.41, 5.74) is 0.148. The van der Waals surface area contributed by atoms with Gasteiger partial charge in [-0.05, 0) is 17.9 Å². The van der Waals surface area contributed by atoms with Crippen molar-refractivity contribution in [2.45, 2.75) is 23.6 Å². The fraction of sp³-hybridized carbons (Fsp3) is 0.273. The molecule has 1 amide bonds. The molecule has 6 nitrogen and oxygen atoms in total. The Kier molecular flexibility index (Phi) is 2.90. The Hall–Kier alpha value is -1.67. The number of carbonyl (C=O) groups excluding carboxylic acids is 1. The Labute approximate surface area is 114 Å². The molecule has 8 heteroatoms. The van der Waals surface area contributed by atoms with Crippen LogP contribution in [0, 0.1) is 0 Å². The standard InChI is InChI=1S/C11H11N3O3S2/c15-11(8-7-14-5-1-3-9(14)12-8)13-19(16,17)10-4-2-6-18-10/h2,4,6-7H,1,3,5H2,(H,13,15). The molecule has 0 unspecified atom stereocenters. The lowest BCUT2D eigenvalue weighted by molar-refractivity contribution is 0.0977. The zero-order chi connectivity index (χ0) is 13.5. The first-order valence-corrected chi connectivity index (χ1v) is 8.09. The molecule has 0 aliphatic carbocycles. The molecule has 0 saturated carbocycles. The number of thiophene rings is 1. The second-order valence-electron chi connectivity index (χ2n) is 4.21. The summed E-state index contributed by atoms with van der Waals surface area (Å²) in [5, 5.41) is 1.64. The van der Waals surface area contributed by atoms with Crippen molar-refractivity contribution in [1.82, 2.24) is 14.3 Å². The number of amides is 1. The van der Waals surface area contributed by atoms with Crippen LogP contribution in [0.25, 0.3) is 0 Å². The third-order valence-corrected chi connectivity index (χ3v) is 5.61. The highest BCUT2D eigenvalue weighted by Gasteiger charge is 2.23. The molecule has 1 aliphatic heterocycles. The average molecular weight is 297 g/mol. The van der Waals surface area contributed by atoms with Crippen molar-refractivity contribution in [2.24, 2.45) is 0 Å². The number of sulfonamides is 1. The molecule has 0 spiro atoms. The molecule has 0 aromatic carbocycles. The van der Waals surface area contributed by atoms with Gasteiger partial charge in [0.25, 0.3) is 15.9 Å². The molecule has 0 saturated heterocycles. The molecular weight excluding hydrogens is 286 g/mol. The van der Waals surface area contributed by atoms with E-state index in [1.54, 1.807) is 17.6 Å². The highest BCUT2D eigenvalue weighted by molar-refractivity contribution is 7.92. The van der Waals surface area contributed by atoms with Crippen LogP contribution in [-0.4, -0.2) is 23.9 Å². The maximum absolute atomic E-state index is 11.9. The number of aryl methyl sites for hydroxylation is 2. The third kappa shape index (κ3) is 2.28. The maximum atomic E-state index is 11.9. The largest absolute Gasteiger partial charge is 0.334 e. The molecule has 1 aliphatic rings. The SMILES string of the molecule is O=C(NS(=O)(=O)c1cccs1)c1cn2c(n1)CCC2. The third-order valence-electron chi connectivity index (χ3n) is 2.88. The Balaban J connectivity index is 1.81. The van der Waals surface area contributed by atoms with Crippen LogP contribution in [0.1, 0.15) is 22.7 Å². The quantitative estimate of drug-likeness (QED) is 0.916. The number of aromatic nitrogens is 2. The van der Waals surface area contributed by atoms with E-state index in [-0.39, 0.29) is 9.90 Å². The first-order valence-electron chi connectivity index (χ1n) is 5.73. The van der Waals surface area contributed by atoms with E-state index in [1.165, 1.54) is 6.07 Å². The van der Waals surface area contributed by atoms with Crippen molar-refractivity contribution < 1.29 is 13.2 Å². The molecule has 0 bridgehead atoms. The van der Waals surface area contributed by atoms with Gasteiger partial charge in [-0.25, -0.2) is 18.1 Å². The lowest BCUT2D eigenvalue weighted by Gasteiger charge is -2.02. The topological polar surface area (TPSA) is 81.1 Å². The van der Waals surface area contributed by atoms with Gasteiger partial charge >= 0.3 is 0 Å². The average Bonchev–Trinajstić information content (AvgIpc) is 3.05. The van der Waals surface area contributed by atoms with Crippen molar-refractivity contribution in [1.29, 1.82) is 0 Å². The van der Waals surface area contributed by atoms with E-state index < -0.39 is 15.9 Å². The van der Waals surface area contributed by atoms with Crippen molar-refractivity contribution in [3.63, 3.8) is 0 Å². The summed E-state index contributed by atoms with van der Waals surface area (Å²) in [5.74, 6) is 0.147. The first kappa shape index (κ1) is 12.4. The van der Waals surface area contributed by atoms with Crippen LogP contribution >= 0.6 is 11.3 Å². The minimum atomic E-state index is -3.79. The predicted octanol–water partition coefficient (Wildman–Crippen LogP) is 1.01. The van der Waals surface area contributed by atoms with Crippen LogP contribution in [0.15, 0.2) is 27.9 Å². The molecule has 3 rings (SSSR count). The molecule has 0 atom stereocenters. The molecule has 0 radical (unpaired) electrons. The van der Waals surface area contributed by atoms with Crippen LogP contribution in [0.5, 0.6) is 0 Å². The zero-order valence-electron chi connectivity index (χ0n) is 9.87. The highest BCUT2D eigenvalue weighted by Crippen LogP contribution is 2.17. The molecule has 3 heterocycles. The van der Waals surface area contributed by atoms with E-state index in [4.69, 9.17) is 0 Å². The van der Waals surface area contributed by atoms with Gasteiger partial charge in [0.1, 0.15) is 15.7 Å². The van der Waals surface area contributed by atoms with Gasteiger partial charge in [-0.15, -0.1) is 11.3 Å². The van der Waals surface area contributed by atoms with Gasteiger partial charge in [0.2, 0.25) is 0 Å². The zero-order valence-corrected chi connectivity index (χ0v) is 11.5. The minimum absolute atomic E-state index is 0.118. The van der Waals surface area contributed by atoms with Gasteiger partial charge in [-0.2, -0.15) is 0 Å².